The topological polar surface area (TPSA) is 39.1 Å². The van der Waals surface area contributed by atoms with Crippen LogP contribution in [-0.2, 0) is 13.1 Å². The van der Waals surface area contributed by atoms with Gasteiger partial charge in [0.2, 0.25) is 0 Å². The van der Waals surface area contributed by atoms with Gasteiger partial charge in [-0.1, -0.05) is 42.5 Å². The number of nitrogens with zero attached hydrogens (tertiary/aromatic N) is 2. The zero-order valence-corrected chi connectivity index (χ0v) is 15.2. The minimum Gasteiger partial charge on any atom is -0.493 e. The highest BCUT2D eigenvalue weighted by Gasteiger charge is 2.20. The summed E-state index contributed by atoms with van der Waals surface area (Å²) in [4.78, 5) is 4.56. The fourth-order valence-corrected chi connectivity index (χ4v) is 3.54. The van der Waals surface area contributed by atoms with E-state index in [2.05, 4.69) is 70.5 Å². The zero-order valence-electron chi connectivity index (χ0n) is 15.2. The molecule has 1 N–H and O–H groups in total. The number of fused-ring (bicyclic) bond motifs is 1. The maximum Gasteiger partial charge on any atom is 0.124 e. The Morgan fingerprint density at radius 1 is 1.19 bits per heavy atom. The third kappa shape index (κ3) is 3.81. The first-order valence-electron chi connectivity index (χ1n) is 9.30. The van der Waals surface area contributed by atoms with Crippen molar-refractivity contribution in [1.29, 1.82) is 0 Å². The van der Waals surface area contributed by atoms with Crippen molar-refractivity contribution in [3.8, 4) is 5.75 Å². The predicted molar refractivity (Wildman–Crippen MR) is 103 cm³/mol. The number of benzene rings is 2. The van der Waals surface area contributed by atoms with Crippen LogP contribution in [0.5, 0.6) is 5.75 Å². The Morgan fingerprint density at radius 2 is 2.08 bits per heavy atom. The second-order valence-corrected chi connectivity index (χ2v) is 6.92. The minimum absolute atomic E-state index is 0.301. The van der Waals surface area contributed by atoms with Crippen molar-refractivity contribution in [2.75, 3.05) is 6.61 Å². The molecular weight excluding hydrogens is 322 g/mol. The van der Waals surface area contributed by atoms with Gasteiger partial charge in [0, 0.05) is 30.5 Å². The van der Waals surface area contributed by atoms with E-state index in [0.29, 0.717) is 6.04 Å². The zero-order chi connectivity index (χ0) is 17.8. The van der Waals surface area contributed by atoms with Crippen molar-refractivity contribution in [3.05, 3.63) is 83.4 Å². The first-order valence-corrected chi connectivity index (χ1v) is 9.30. The van der Waals surface area contributed by atoms with Gasteiger partial charge in [-0.15, -0.1) is 0 Å². The smallest absolute Gasteiger partial charge is 0.124 e. The Bertz CT molecular complexity index is 857. The van der Waals surface area contributed by atoms with Gasteiger partial charge in [0.15, 0.2) is 0 Å². The molecule has 4 nitrogen and oxygen atoms in total. The number of ether oxygens (including phenoxy) is 1. The van der Waals surface area contributed by atoms with Crippen LogP contribution in [0.1, 0.15) is 41.4 Å². The second kappa shape index (κ2) is 7.75. The summed E-state index contributed by atoms with van der Waals surface area (Å²) in [6.45, 7) is 4.49. The van der Waals surface area contributed by atoms with E-state index < -0.39 is 0 Å². The molecule has 2 aromatic carbocycles. The Kier molecular flexibility index (Phi) is 5.02. The lowest BCUT2D eigenvalue weighted by Crippen LogP contribution is -2.23. The number of rotatable bonds is 5. The summed E-state index contributed by atoms with van der Waals surface area (Å²) >= 11 is 0. The Balaban J connectivity index is 1.47. The normalized spacial score (nSPS) is 16.6. The van der Waals surface area contributed by atoms with E-state index in [1.165, 1.54) is 16.7 Å². The summed E-state index contributed by atoms with van der Waals surface area (Å²) in [5.41, 5.74) is 3.78. The second-order valence-electron chi connectivity index (χ2n) is 6.92. The highest BCUT2D eigenvalue weighted by atomic mass is 16.5. The summed E-state index contributed by atoms with van der Waals surface area (Å²) in [5.74, 6) is 2.08. The molecule has 2 heterocycles. The lowest BCUT2D eigenvalue weighted by atomic mass is 10.0. The van der Waals surface area contributed by atoms with E-state index in [4.69, 9.17) is 4.74 Å². The quantitative estimate of drug-likeness (QED) is 0.750. The molecule has 0 saturated heterocycles. The molecule has 4 heteroatoms. The monoisotopic (exact) mass is 347 g/mol. The molecule has 3 aromatic rings. The summed E-state index contributed by atoms with van der Waals surface area (Å²) < 4.78 is 8.15. The van der Waals surface area contributed by atoms with Crippen LogP contribution in [0, 0.1) is 6.92 Å². The third-order valence-electron chi connectivity index (χ3n) is 4.94. The summed E-state index contributed by atoms with van der Waals surface area (Å²) in [5, 5.41) is 3.70. The summed E-state index contributed by atoms with van der Waals surface area (Å²) in [6.07, 6.45) is 6.07. The van der Waals surface area contributed by atoms with Crippen LogP contribution in [-0.4, -0.2) is 16.2 Å². The molecule has 4 rings (SSSR count). The van der Waals surface area contributed by atoms with Gasteiger partial charge in [0.25, 0.3) is 0 Å². The van der Waals surface area contributed by atoms with Crippen molar-refractivity contribution in [2.24, 2.45) is 0 Å². The molecule has 0 unspecified atom stereocenters. The van der Waals surface area contributed by atoms with Crippen LogP contribution < -0.4 is 10.1 Å². The SMILES string of the molecule is Cc1ccc2c(c1)OCCC[C@@H]2NCc1nccn1Cc1ccccc1. The molecule has 0 spiro atoms. The van der Waals surface area contributed by atoms with Gasteiger partial charge in [0.1, 0.15) is 11.6 Å². The average Bonchev–Trinajstić information content (AvgIpc) is 2.99. The van der Waals surface area contributed by atoms with Gasteiger partial charge in [-0.3, -0.25) is 0 Å². The predicted octanol–water partition coefficient (Wildman–Crippen LogP) is 4.24. The maximum absolute atomic E-state index is 5.94. The number of aromatic nitrogens is 2. The van der Waals surface area contributed by atoms with Crippen LogP contribution in [0.15, 0.2) is 60.9 Å². The summed E-state index contributed by atoms with van der Waals surface area (Å²) in [6, 6.07) is 17.3. The molecule has 1 aromatic heterocycles. The van der Waals surface area contributed by atoms with Gasteiger partial charge >= 0.3 is 0 Å². The highest BCUT2D eigenvalue weighted by Crippen LogP contribution is 2.32. The van der Waals surface area contributed by atoms with Crippen LogP contribution in [0.3, 0.4) is 0 Å². The van der Waals surface area contributed by atoms with Gasteiger partial charge in [-0.2, -0.15) is 0 Å². The number of hydrogen-bond acceptors (Lipinski definition) is 3. The molecule has 1 aliphatic heterocycles. The van der Waals surface area contributed by atoms with Crippen LogP contribution >= 0.6 is 0 Å². The average molecular weight is 347 g/mol. The highest BCUT2D eigenvalue weighted by molar-refractivity contribution is 5.40. The van der Waals surface area contributed by atoms with Gasteiger partial charge < -0.3 is 14.6 Å². The van der Waals surface area contributed by atoms with Gasteiger partial charge in [0.05, 0.1) is 13.2 Å². The van der Waals surface area contributed by atoms with Crippen molar-refractivity contribution >= 4 is 0 Å². The number of aryl methyl sites for hydroxylation is 1. The first-order chi connectivity index (χ1) is 12.8. The van der Waals surface area contributed by atoms with E-state index in [0.717, 1.165) is 44.1 Å². The largest absolute Gasteiger partial charge is 0.493 e. The Hall–Kier alpha value is -2.59. The molecule has 0 aliphatic carbocycles. The van der Waals surface area contributed by atoms with E-state index in [9.17, 15) is 0 Å². The minimum atomic E-state index is 0.301. The molecule has 0 radical (unpaired) electrons. The maximum atomic E-state index is 5.94. The Labute approximate surface area is 154 Å². The lowest BCUT2D eigenvalue weighted by Gasteiger charge is -2.19. The Morgan fingerprint density at radius 3 is 2.96 bits per heavy atom. The molecule has 0 fully saturated rings. The molecule has 134 valence electrons. The lowest BCUT2D eigenvalue weighted by molar-refractivity contribution is 0.315. The van der Waals surface area contributed by atoms with E-state index in [1.54, 1.807) is 0 Å². The summed E-state index contributed by atoms with van der Waals surface area (Å²) in [7, 11) is 0. The fourth-order valence-electron chi connectivity index (χ4n) is 3.54. The standard InChI is InChI=1S/C22H25N3O/c1-17-9-10-19-20(8-5-13-26-21(19)14-17)24-15-22-23-11-12-25(22)16-18-6-3-2-4-7-18/h2-4,6-7,9-12,14,20,24H,5,8,13,15-16H2,1H3/t20-/m0/s1. The molecule has 0 bridgehead atoms. The number of nitrogens with one attached hydrogen (secondary N) is 1. The van der Waals surface area contributed by atoms with Gasteiger partial charge in [-0.05, 0) is 37.0 Å². The van der Waals surface area contributed by atoms with Gasteiger partial charge in [-0.25, -0.2) is 4.98 Å². The fraction of sp³-hybridized carbons (Fsp3) is 0.318. The van der Waals surface area contributed by atoms with E-state index in [-0.39, 0.29) is 0 Å². The van der Waals surface area contributed by atoms with Crippen LogP contribution in [0.4, 0.5) is 0 Å². The molecular formula is C22H25N3O. The number of hydrogen-bond donors (Lipinski definition) is 1. The van der Waals surface area contributed by atoms with Crippen LogP contribution in [0.25, 0.3) is 0 Å². The molecule has 1 aliphatic rings. The number of imidazole rings is 1. The molecule has 26 heavy (non-hydrogen) atoms. The molecule has 1 atom stereocenters. The van der Waals surface area contributed by atoms with Crippen molar-refractivity contribution in [3.63, 3.8) is 0 Å². The third-order valence-corrected chi connectivity index (χ3v) is 4.94. The van der Waals surface area contributed by atoms with Crippen LogP contribution in [0.2, 0.25) is 0 Å². The molecule has 0 saturated carbocycles. The van der Waals surface area contributed by atoms with Crippen molar-refractivity contribution in [1.82, 2.24) is 14.9 Å². The van der Waals surface area contributed by atoms with Crippen molar-refractivity contribution in [2.45, 2.75) is 38.9 Å². The van der Waals surface area contributed by atoms with E-state index >= 15 is 0 Å². The van der Waals surface area contributed by atoms with E-state index in [1.807, 2.05) is 12.3 Å². The first kappa shape index (κ1) is 16.9. The van der Waals surface area contributed by atoms with Crippen molar-refractivity contribution < 1.29 is 4.74 Å². The molecule has 0 amide bonds.